The lowest BCUT2D eigenvalue weighted by atomic mass is 10.5. The highest BCUT2D eigenvalue weighted by Crippen LogP contribution is 2.20. The highest BCUT2D eigenvalue weighted by Gasteiger charge is 2.19. The summed E-state index contributed by atoms with van der Waals surface area (Å²) in [6, 6.07) is 3.00. The molecule has 0 bridgehead atoms. The molecule has 2 heterocycles. The Morgan fingerprint density at radius 1 is 1.41 bits per heavy atom. The molecule has 2 aromatic rings. The number of nitrogens with one attached hydrogen (secondary N) is 2. The first-order valence-corrected chi connectivity index (χ1v) is 6.17. The lowest BCUT2D eigenvalue weighted by Gasteiger charge is -2.08. The van der Waals surface area contributed by atoms with Crippen LogP contribution in [0.25, 0.3) is 0 Å². The van der Waals surface area contributed by atoms with Crippen LogP contribution in [0.5, 0.6) is 0 Å². The molecule has 0 aliphatic carbocycles. The van der Waals surface area contributed by atoms with Gasteiger partial charge in [0.25, 0.3) is 10.0 Å². The van der Waals surface area contributed by atoms with Crippen LogP contribution in [-0.4, -0.2) is 25.6 Å². The first-order valence-electron chi connectivity index (χ1n) is 4.68. The van der Waals surface area contributed by atoms with Crippen LogP contribution < -0.4 is 10.0 Å². The molecule has 2 aromatic heterocycles. The number of nitrogens with zero attached hydrogens (tertiary/aromatic N) is 2. The largest absolute Gasteiger partial charge is 0.372 e. The van der Waals surface area contributed by atoms with Crippen molar-refractivity contribution in [2.45, 2.75) is 4.90 Å². The SMILES string of the molecule is CNc1ncccc1S(=O)(=O)Nc1cnoc1. The van der Waals surface area contributed by atoms with Gasteiger partial charge in [0.1, 0.15) is 22.7 Å². The molecule has 0 saturated heterocycles. The van der Waals surface area contributed by atoms with E-state index in [1.807, 2.05) is 0 Å². The smallest absolute Gasteiger partial charge is 0.265 e. The summed E-state index contributed by atoms with van der Waals surface area (Å²) in [5, 5.41) is 6.12. The minimum atomic E-state index is -3.70. The fourth-order valence-electron chi connectivity index (χ4n) is 1.26. The molecule has 0 radical (unpaired) electrons. The summed E-state index contributed by atoms with van der Waals surface area (Å²) in [6.45, 7) is 0. The zero-order chi connectivity index (χ0) is 12.3. The minimum Gasteiger partial charge on any atom is -0.372 e. The van der Waals surface area contributed by atoms with E-state index in [1.165, 1.54) is 24.7 Å². The fraction of sp³-hybridized carbons (Fsp3) is 0.111. The Bertz CT molecular complexity index is 594. The topological polar surface area (TPSA) is 97.1 Å². The Kier molecular flexibility index (Phi) is 2.96. The van der Waals surface area contributed by atoms with Crippen LogP contribution in [0, 0.1) is 0 Å². The van der Waals surface area contributed by atoms with Gasteiger partial charge in [-0.3, -0.25) is 4.72 Å². The van der Waals surface area contributed by atoms with Crippen molar-refractivity contribution >= 4 is 21.5 Å². The molecular weight excluding hydrogens is 244 g/mol. The van der Waals surface area contributed by atoms with E-state index in [9.17, 15) is 8.42 Å². The first kappa shape index (κ1) is 11.4. The van der Waals surface area contributed by atoms with Crippen LogP contribution in [0.3, 0.4) is 0 Å². The summed E-state index contributed by atoms with van der Waals surface area (Å²) in [5.74, 6) is 0.274. The summed E-state index contributed by atoms with van der Waals surface area (Å²) in [7, 11) is -2.10. The Hall–Kier alpha value is -2.09. The summed E-state index contributed by atoms with van der Waals surface area (Å²) in [6.07, 6.45) is 3.98. The highest BCUT2D eigenvalue weighted by atomic mass is 32.2. The predicted molar refractivity (Wildman–Crippen MR) is 61.1 cm³/mol. The van der Waals surface area contributed by atoms with E-state index in [2.05, 4.69) is 24.7 Å². The molecule has 0 unspecified atom stereocenters. The molecule has 0 spiro atoms. The molecule has 0 aromatic carbocycles. The molecule has 0 atom stereocenters. The van der Waals surface area contributed by atoms with E-state index in [0.29, 0.717) is 0 Å². The van der Waals surface area contributed by atoms with Crippen molar-refractivity contribution in [1.29, 1.82) is 0 Å². The van der Waals surface area contributed by atoms with Crippen molar-refractivity contribution in [3.05, 3.63) is 30.8 Å². The fourth-order valence-corrected chi connectivity index (χ4v) is 2.45. The summed E-state index contributed by atoms with van der Waals surface area (Å²) in [4.78, 5) is 3.98. The molecule has 2 rings (SSSR count). The van der Waals surface area contributed by atoms with Crippen molar-refractivity contribution in [1.82, 2.24) is 10.1 Å². The number of rotatable bonds is 4. The van der Waals surface area contributed by atoms with E-state index < -0.39 is 10.0 Å². The highest BCUT2D eigenvalue weighted by molar-refractivity contribution is 7.92. The van der Waals surface area contributed by atoms with E-state index in [4.69, 9.17) is 0 Å². The second-order valence-electron chi connectivity index (χ2n) is 3.12. The maximum Gasteiger partial charge on any atom is 0.265 e. The third-order valence-corrected chi connectivity index (χ3v) is 3.39. The maximum atomic E-state index is 12.0. The van der Waals surface area contributed by atoms with Crippen LogP contribution >= 0.6 is 0 Å². The number of aromatic nitrogens is 2. The Labute approximate surface area is 97.9 Å². The standard InChI is InChI=1S/C9H10N4O3S/c1-10-9-8(3-2-4-11-9)17(14,15)13-7-5-12-16-6-7/h2-6,13H,1H3,(H,10,11). The van der Waals surface area contributed by atoms with Gasteiger partial charge in [-0.05, 0) is 12.1 Å². The zero-order valence-corrected chi connectivity index (χ0v) is 9.73. The van der Waals surface area contributed by atoms with Crippen molar-refractivity contribution in [2.75, 3.05) is 17.1 Å². The number of hydrogen-bond acceptors (Lipinski definition) is 6. The van der Waals surface area contributed by atoms with E-state index in [1.54, 1.807) is 13.1 Å². The van der Waals surface area contributed by atoms with Crippen molar-refractivity contribution in [3.63, 3.8) is 0 Å². The second kappa shape index (κ2) is 4.42. The quantitative estimate of drug-likeness (QED) is 0.841. The van der Waals surface area contributed by atoms with Crippen molar-refractivity contribution < 1.29 is 12.9 Å². The Morgan fingerprint density at radius 3 is 2.88 bits per heavy atom. The lowest BCUT2D eigenvalue weighted by Crippen LogP contribution is -2.14. The average Bonchev–Trinajstić information content (AvgIpc) is 2.81. The second-order valence-corrected chi connectivity index (χ2v) is 4.77. The normalized spacial score (nSPS) is 11.1. The van der Waals surface area contributed by atoms with E-state index in [0.717, 1.165) is 0 Å². The van der Waals surface area contributed by atoms with Gasteiger partial charge in [0.05, 0.1) is 6.20 Å². The summed E-state index contributed by atoms with van der Waals surface area (Å²) < 4.78 is 30.9. The number of anilines is 2. The van der Waals surface area contributed by atoms with Gasteiger partial charge >= 0.3 is 0 Å². The van der Waals surface area contributed by atoms with Gasteiger partial charge in [-0.25, -0.2) is 13.4 Å². The first-order chi connectivity index (χ1) is 8.13. The van der Waals surface area contributed by atoms with Gasteiger partial charge < -0.3 is 9.84 Å². The van der Waals surface area contributed by atoms with Crippen molar-refractivity contribution in [2.24, 2.45) is 0 Å². The number of sulfonamides is 1. The zero-order valence-electron chi connectivity index (χ0n) is 8.91. The van der Waals surface area contributed by atoms with Crippen LogP contribution in [-0.2, 0) is 10.0 Å². The van der Waals surface area contributed by atoms with Gasteiger partial charge in [-0.15, -0.1) is 0 Å². The molecule has 0 amide bonds. The molecule has 0 saturated carbocycles. The van der Waals surface area contributed by atoms with Gasteiger partial charge in [0.15, 0.2) is 0 Å². The van der Waals surface area contributed by atoms with Crippen LogP contribution in [0.15, 0.2) is 40.2 Å². The number of hydrogen-bond donors (Lipinski definition) is 2. The summed E-state index contributed by atoms with van der Waals surface area (Å²) >= 11 is 0. The molecule has 2 N–H and O–H groups in total. The van der Waals surface area contributed by atoms with Crippen LogP contribution in [0.1, 0.15) is 0 Å². The average molecular weight is 254 g/mol. The van der Waals surface area contributed by atoms with Crippen LogP contribution in [0.4, 0.5) is 11.5 Å². The molecule has 0 aliphatic rings. The number of pyridine rings is 1. The molecule has 0 aliphatic heterocycles. The molecule has 17 heavy (non-hydrogen) atoms. The van der Waals surface area contributed by atoms with Gasteiger partial charge in [0.2, 0.25) is 0 Å². The van der Waals surface area contributed by atoms with E-state index >= 15 is 0 Å². The molecule has 0 fully saturated rings. The molecule has 8 heteroatoms. The predicted octanol–water partition coefficient (Wildman–Crippen LogP) is 0.912. The van der Waals surface area contributed by atoms with Gasteiger partial charge in [-0.2, -0.15) is 0 Å². The van der Waals surface area contributed by atoms with Crippen molar-refractivity contribution in [3.8, 4) is 0 Å². The third kappa shape index (κ3) is 2.36. The third-order valence-electron chi connectivity index (χ3n) is 1.98. The van der Waals surface area contributed by atoms with Gasteiger partial charge in [0, 0.05) is 13.2 Å². The molecule has 90 valence electrons. The van der Waals surface area contributed by atoms with E-state index in [-0.39, 0.29) is 16.4 Å². The lowest BCUT2D eigenvalue weighted by molar-refractivity contribution is 0.420. The molecular formula is C9H10N4O3S. The minimum absolute atomic E-state index is 0.0590. The Morgan fingerprint density at radius 2 is 2.24 bits per heavy atom. The van der Waals surface area contributed by atoms with Gasteiger partial charge in [-0.1, -0.05) is 5.16 Å². The molecule has 7 nitrogen and oxygen atoms in total. The Balaban J connectivity index is 2.38. The van der Waals surface area contributed by atoms with Crippen LogP contribution in [0.2, 0.25) is 0 Å². The maximum absolute atomic E-state index is 12.0. The monoisotopic (exact) mass is 254 g/mol. The summed E-state index contributed by atoms with van der Waals surface area (Å²) in [5.41, 5.74) is 0.260.